The molecule has 0 aromatic heterocycles. The van der Waals surface area contributed by atoms with E-state index in [9.17, 15) is 4.79 Å². The molecule has 48 valence electrons. The van der Waals surface area contributed by atoms with E-state index in [1.54, 1.807) is 7.05 Å². The molecule has 9 heavy (non-hydrogen) atoms. The highest BCUT2D eigenvalue weighted by Gasteiger charge is 2.27. The lowest BCUT2D eigenvalue weighted by atomic mass is 10.5. The maximum absolute atomic E-state index is 10.7. The standard InChI is InChI=1S/C5H5NO2S/c1-3-4(7)6(2)5(9)8-3/h1H2,2H3. The van der Waals surface area contributed by atoms with Gasteiger partial charge in [0, 0.05) is 7.05 Å². The monoisotopic (exact) mass is 143 g/mol. The Balaban J connectivity index is 2.90. The molecular formula is C5H5NO2S. The second-order valence-electron chi connectivity index (χ2n) is 1.66. The minimum Gasteiger partial charge on any atom is -0.426 e. The van der Waals surface area contributed by atoms with E-state index >= 15 is 0 Å². The van der Waals surface area contributed by atoms with Gasteiger partial charge in [0.25, 0.3) is 11.1 Å². The number of nitrogens with zero attached hydrogens (tertiary/aromatic N) is 1. The smallest absolute Gasteiger partial charge is 0.296 e. The third-order valence-corrected chi connectivity index (χ3v) is 1.38. The Morgan fingerprint density at radius 3 is 2.44 bits per heavy atom. The van der Waals surface area contributed by atoms with Crippen molar-refractivity contribution in [2.75, 3.05) is 7.05 Å². The molecular weight excluding hydrogens is 138 g/mol. The van der Waals surface area contributed by atoms with Crippen molar-refractivity contribution in [2.24, 2.45) is 0 Å². The van der Waals surface area contributed by atoms with Gasteiger partial charge in [0.2, 0.25) is 0 Å². The zero-order valence-electron chi connectivity index (χ0n) is 4.88. The van der Waals surface area contributed by atoms with Crippen molar-refractivity contribution in [1.82, 2.24) is 4.90 Å². The molecule has 1 amide bonds. The second kappa shape index (κ2) is 1.80. The molecule has 0 unspecified atom stereocenters. The van der Waals surface area contributed by atoms with Crippen LogP contribution in [0.4, 0.5) is 0 Å². The van der Waals surface area contributed by atoms with Gasteiger partial charge in [-0.25, -0.2) is 0 Å². The first-order valence-corrected chi connectivity index (χ1v) is 2.72. The molecule has 1 saturated heterocycles. The quantitative estimate of drug-likeness (QED) is 0.360. The summed E-state index contributed by atoms with van der Waals surface area (Å²) in [6.07, 6.45) is 0. The van der Waals surface area contributed by atoms with E-state index in [2.05, 4.69) is 18.8 Å². The lowest BCUT2D eigenvalue weighted by Crippen LogP contribution is -2.22. The lowest BCUT2D eigenvalue weighted by Gasteiger charge is -1.99. The first-order valence-electron chi connectivity index (χ1n) is 2.31. The molecule has 1 fully saturated rings. The third kappa shape index (κ3) is 0.810. The maximum atomic E-state index is 10.7. The van der Waals surface area contributed by atoms with Crippen molar-refractivity contribution < 1.29 is 9.53 Å². The Bertz CT molecular complexity index is 199. The van der Waals surface area contributed by atoms with Gasteiger partial charge in [-0.3, -0.25) is 9.69 Å². The first-order chi connectivity index (χ1) is 4.13. The van der Waals surface area contributed by atoms with Crippen LogP contribution in [-0.2, 0) is 9.53 Å². The zero-order chi connectivity index (χ0) is 7.02. The van der Waals surface area contributed by atoms with Crippen molar-refractivity contribution in [2.45, 2.75) is 0 Å². The Morgan fingerprint density at radius 2 is 2.33 bits per heavy atom. The van der Waals surface area contributed by atoms with E-state index in [-0.39, 0.29) is 16.8 Å². The average molecular weight is 143 g/mol. The first kappa shape index (κ1) is 6.22. The highest BCUT2D eigenvalue weighted by atomic mass is 32.1. The second-order valence-corrected chi connectivity index (χ2v) is 2.00. The molecule has 0 saturated carbocycles. The van der Waals surface area contributed by atoms with Gasteiger partial charge in [0.1, 0.15) is 0 Å². The molecule has 3 nitrogen and oxygen atoms in total. The van der Waals surface area contributed by atoms with Gasteiger partial charge in [0.15, 0.2) is 5.76 Å². The van der Waals surface area contributed by atoms with E-state index in [4.69, 9.17) is 4.74 Å². The average Bonchev–Trinajstić information content (AvgIpc) is 1.98. The molecule has 4 heteroatoms. The van der Waals surface area contributed by atoms with Crippen molar-refractivity contribution in [3.8, 4) is 0 Å². The van der Waals surface area contributed by atoms with Crippen LogP contribution in [0.25, 0.3) is 0 Å². The van der Waals surface area contributed by atoms with Gasteiger partial charge in [0.05, 0.1) is 0 Å². The van der Waals surface area contributed by atoms with Gasteiger partial charge in [-0.05, 0) is 12.2 Å². The van der Waals surface area contributed by atoms with E-state index in [1.807, 2.05) is 0 Å². The number of thiocarbonyl (C=S) groups is 1. The van der Waals surface area contributed by atoms with Crippen molar-refractivity contribution in [1.29, 1.82) is 0 Å². The van der Waals surface area contributed by atoms with Crippen LogP contribution in [0, 0.1) is 0 Å². The fraction of sp³-hybridized carbons (Fsp3) is 0.200. The Kier molecular flexibility index (Phi) is 1.25. The summed E-state index contributed by atoms with van der Waals surface area (Å²) < 4.78 is 4.70. The maximum Gasteiger partial charge on any atom is 0.296 e. The summed E-state index contributed by atoms with van der Waals surface area (Å²) in [6.45, 7) is 3.34. The number of carbonyl (C=O) groups excluding carboxylic acids is 1. The Labute approximate surface area is 57.9 Å². The summed E-state index contributed by atoms with van der Waals surface area (Å²) in [4.78, 5) is 12.0. The van der Waals surface area contributed by atoms with Crippen LogP contribution in [0.5, 0.6) is 0 Å². The number of hydrogen-bond acceptors (Lipinski definition) is 3. The van der Waals surface area contributed by atoms with Crippen molar-refractivity contribution in [3.05, 3.63) is 12.3 Å². The van der Waals surface area contributed by atoms with Crippen LogP contribution < -0.4 is 0 Å². The number of amides is 1. The summed E-state index contributed by atoms with van der Waals surface area (Å²) >= 11 is 4.62. The topological polar surface area (TPSA) is 29.5 Å². The van der Waals surface area contributed by atoms with E-state index < -0.39 is 0 Å². The fourth-order valence-corrected chi connectivity index (χ4v) is 0.671. The molecule has 0 aromatic rings. The molecule has 0 bridgehead atoms. The predicted molar refractivity (Wildman–Crippen MR) is 35.6 cm³/mol. The number of carbonyl (C=O) groups is 1. The molecule has 1 heterocycles. The zero-order valence-corrected chi connectivity index (χ0v) is 5.70. The summed E-state index contributed by atoms with van der Waals surface area (Å²) in [5.74, 6) is -0.164. The summed E-state index contributed by atoms with van der Waals surface area (Å²) in [5, 5.41) is 0.171. The SMILES string of the molecule is C=C1OC(=S)N(C)C1=O. The molecule has 0 spiro atoms. The molecule has 0 N–H and O–H groups in total. The van der Waals surface area contributed by atoms with Gasteiger partial charge in [-0.2, -0.15) is 0 Å². The third-order valence-electron chi connectivity index (χ3n) is 1.03. The van der Waals surface area contributed by atoms with Gasteiger partial charge in [-0.15, -0.1) is 0 Å². The lowest BCUT2D eigenvalue weighted by molar-refractivity contribution is -0.122. The van der Waals surface area contributed by atoms with E-state index in [1.165, 1.54) is 4.90 Å². The molecule has 0 aromatic carbocycles. The minimum absolute atomic E-state index is 0.0995. The van der Waals surface area contributed by atoms with E-state index in [0.29, 0.717) is 0 Å². The van der Waals surface area contributed by atoms with Crippen molar-refractivity contribution >= 4 is 23.3 Å². The molecule has 0 atom stereocenters. The summed E-state index contributed by atoms with van der Waals surface area (Å²) in [6, 6.07) is 0. The molecule has 1 rings (SSSR count). The fourth-order valence-electron chi connectivity index (χ4n) is 0.487. The number of rotatable bonds is 0. The van der Waals surface area contributed by atoms with E-state index in [0.717, 1.165) is 0 Å². The largest absolute Gasteiger partial charge is 0.426 e. The van der Waals surface area contributed by atoms with Gasteiger partial charge < -0.3 is 4.74 Å². The van der Waals surface area contributed by atoms with Crippen LogP contribution in [0.15, 0.2) is 12.3 Å². The van der Waals surface area contributed by atoms with Crippen LogP contribution in [-0.4, -0.2) is 23.0 Å². The van der Waals surface area contributed by atoms with Gasteiger partial charge in [-0.1, -0.05) is 6.58 Å². The molecule has 0 radical (unpaired) electrons. The van der Waals surface area contributed by atoms with Crippen LogP contribution >= 0.6 is 12.2 Å². The highest BCUT2D eigenvalue weighted by molar-refractivity contribution is 7.80. The summed E-state index contributed by atoms with van der Waals surface area (Å²) in [7, 11) is 1.54. The minimum atomic E-state index is -0.264. The van der Waals surface area contributed by atoms with Crippen molar-refractivity contribution in [3.63, 3.8) is 0 Å². The Hall–Kier alpha value is -0.900. The number of likely N-dealkylation sites (N-methyl/N-ethyl adjacent to an activating group) is 1. The van der Waals surface area contributed by atoms with Crippen LogP contribution in [0.2, 0.25) is 0 Å². The highest BCUT2D eigenvalue weighted by Crippen LogP contribution is 2.11. The molecule has 1 aliphatic rings. The van der Waals surface area contributed by atoms with Gasteiger partial charge >= 0.3 is 0 Å². The number of hydrogen-bond donors (Lipinski definition) is 0. The number of ether oxygens (including phenoxy) is 1. The molecule has 0 aliphatic carbocycles. The van der Waals surface area contributed by atoms with Crippen LogP contribution in [0.3, 0.4) is 0 Å². The van der Waals surface area contributed by atoms with Crippen LogP contribution in [0.1, 0.15) is 0 Å². The molecule has 1 aliphatic heterocycles. The Morgan fingerprint density at radius 1 is 1.78 bits per heavy atom. The normalized spacial score (nSPS) is 18.8. The predicted octanol–water partition coefficient (Wildman–Crippen LogP) is 0.274. The summed E-state index contributed by atoms with van der Waals surface area (Å²) in [5.41, 5.74) is 0.